The standard InChI is InChI=1S/C17H27N/c1-4-5-6-11-18-12-7-8-16-13-15(14(2)3)9-10-17(16)18/h9-10,13-14H,4-8,11-12H2,1-3H3. The third-order valence-corrected chi connectivity index (χ3v) is 4.02. The van der Waals surface area contributed by atoms with Crippen LogP contribution < -0.4 is 4.90 Å². The molecule has 1 nitrogen and oxygen atoms in total. The molecule has 0 aromatic heterocycles. The van der Waals surface area contributed by atoms with Gasteiger partial charge in [-0.25, -0.2) is 0 Å². The third-order valence-electron chi connectivity index (χ3n) is 4.02. The Hall–Kier alpha value is -0.980. The van der Waals surface area contributed by atoms with Gasteiger partial charge in [0.2, 0.25) is 0 Å². The number of hydrogen-bond acceptors (Lipinski definition) is 1. The van der Waals surface area contributed by atoms with E-state index >= 15 is 0 Å². The maximum Gasteiger partial charge on any atom is 0.0398 e. The van der Waals surface area contributed by atoms with Gasteiger partial charge in [-0.2, -0.15) is 0 Å². The molecule has 0 spiro atoms. The van der Waals surface area contributed by atoms with Crippen molar-refractivity contribution < 1.29 is 0 Å². The van der Waals surface area contributed by atoms with Crippen LogP contribution >= 0.6 is 0 Å². The minimum absolute atomic E-state index is 0.644. The first-order valence-corrected chi connectivity index (χ1v) is 7.60. The van der Waals surface area contributed by atoms with Crippen LogP contribution in [-0.4, -0.2) is 13.1 Å². The zero-order chi connectivity index (χ0) is 13.0. The predicted molar refractivity (Wildman–Crippen MR) is 80.6 cm³/mol. The molecule has 1 aromatic carbocycles. The van der Waals surface area contributed by atoms with E-state index in [9.17, 15) is 0 Å². The molecule has 1 aromatic rings. The number of benzene rings is 1. The van der Waals surface area contributed by atoms with Crippen molar-refractivity contribution in [3.63, 3.8) is 0 Å². The second kappa shape index (κ2) is 6.26. The first-order valence-electron chi connectivity index (χ1n) is 7.60. The average molecular weight is 245 g/mol. The van der Waals surface area contributed by atoms with E-state index in [1.54, 1.807) is 5.56 Å². The lowest BCUT2D eigenvalue weighted by atomic mass is 9.94. The van der Waals surface area contributed by atoms with Crippen LogP contribution in [0.1, 0.15) is 63.5 Å². The van der Waals surface area contributed by atoms with E-state index in [1.165, 1.54) is 56.4 Å². The van der Waals surface area contributed by atoms with Gasteiger partial charge >= 0.3 is 0 Å². The van der Waals surface area contributed by atoms with E-state index in [0.717, 1.165) is 0 Å². The topological polar surface area (TPSA) is 3.24 Å². The Morgan fingerprint density at radius 3 is 2.78 bits per heavy atom. The number of rotatable bonds is 5. The van der Waals surface area contributed by atoms with Crippen molar-refractivity contribution in [3.05, 3.63) is 29.3 Å². The molecule has 0 bridgehead atoms. The Balaban J connectivity index is 2.11. The highest BCUT2D eigenvalue weighted by Gasteiger charge is 2.16. The molecule has 1 heterocycles. The molecule has 1 aliphatic heterocycles. The van der Waals surface area contributed by atoms with E-state index in [2.05, 4.69) is 43.9 Å². The number of nitrogens with zero attached hydrogens (tertiary/aromatic N) is 1. The summed E-state index contributed by atoms with van der Waals surface area (Å²) in [4.78, 5) is 2.60. The molecule has 2 rings (SSSR count). The van der Waals surface area contributed by atoms with Gasteiger partial charge in [0.25, 0.3) is 0 Å². The van der Waals surface area contributed by atoms with Gasteiger partial charge < -0.3 is 4.90 Å². The average Bonchev–Trinajstić information content (AvgIpc) is 2.38. The van der Waals surface area contributed by atoms with E-state index < -0.39 is 0 Å². The van der Waals surface area contributed by atoms with Crippen molar-refractivity contribution in [1.82, 2.24) is 0 Å². The van der Waals surface area contributed by atoms with E-state index in [1.807, 2.05) is 0 Å². The fraction of sp³-hybridized carbons (Fsp3) is 0.647. The van der Waals surface area contributed by atoms with Gasteiger partial charge in [0.15, 0.2) is 0 Å². The van der Waals surface area contributed by atoms with Gasteiger partial charge in [-0.05, 0) is 42.4 Å². The smallest absolute Gasteiger partial charge is 0.0398 e. The van der Waals surface area contributed by atoms with Crippen LogP contribution in [0.3, 0.4) is 0 Å². The summed E-state index contributed by atoms with van der Waals surface area (Å²) in [5, 5.41) is 0. The van der Waals surface area contributed by atoms with Crippen LogP contribution in [0.15, 0.2) is 18.2 Å². The summed E-state index contributed by atoms with van der Waals surface area (Å²) in [5.41, 5.74) is 4.56. The molecular formula is C17H27N. The van der Waals surface area contributed by atoms with Crippen LogP contribution in [0, 0.1) is 0 Å². The molecule has 0 aliphatic carbocycles. The number of aryl methyl sites for hydroxylation is 1. The normalized spacial score (nSPS) is 15.0. The van der Waals surface area contributed by atoms with Gasteiger partial charge in [0.05, 0.1) is 0 Å². The zero-order valence-electron chi connectivity index (χ0n) is 12.2. The number of unbranched alkanes of at least 4 members (excludes halogenated alkanes) is 2. The molecule has 0 amide bonds. The number of hydrogen-bond donors (Lipinski definition) is 0. The monoisotopic (exact) mass is 245 g/mol. The molecule has 0 saturated carbocycles. The molecule has 1 heteroatoms. The van der Waals surface area contributed by atoms with Crippen molar-refractivity contribution in [1.29, 1.82) is 0 Å². The fourth-order valence-corrected chi connectivity index (χ4v) is 2.84. The highest BCUT2D eigenvalue weighted by Crippen LogP contribution is 2.30. The highest BCUT2D eigenvalue weighted by molar-refractivity contribution is 5.57. The van der Waals surface area contributed by atoms with Crippen molar-refractivity contribution >= 4 is 5.69 Å². The highest BCUT2D eigenvalue weighted by atomic mass is 15.1. The van der Waals surface area contributed by atoms with Crippen LogP contribution in [0.5, 0.6) is 0 Å². The number of fused-ring (bicyclic) bond motifs is 1. The molecule has 0 atom stereocenters. The summed E-state index contributed by atoms with van der Waals surface area (Å²) >= 11 is 0. The van der Waals surface area contributed by atoms with E-state index in [4.69, 9.17) is 0 Å². The minimum atomic E-state index is 0.644. The molecule has 0 N–H and O–H groups in total. The van der Waals surface area contributed by atoms with Gasteiger partial charge in [-0.3, -0.25) is 0 Å². The third kappa shape index (κ3) is 3.07. The summed E-state index contributed by atoms with van der Waals surface area (Å²) in [6.45, 7) is 9.33. The SMILES string of the molecule is CCCCCN1CCCc2cc(C(C)C)ccc21. The van der Waals surface area contributed by atoms with Crippen LogP contribution in [-0.2, 0) is 6.42 Å². The van der Waals surface area contributed by atoms with Crippen LogP contribution in [0.4, 0.5) is 5.69 Å². The molecule has 18 heavy (non-hydrogen) atoms. The maximum absolute atomic E-state index is 2.60. The molecule has 0 fully saturated rings. The van der Waals surface area contributed by atoms with Crippen molar-refractivity contribution in [2.24, 2.45) is 0 Å². The van der Waals surface area contributed by atoms with Gasteiger partial charge in [0.1, 0.15) is 0 Å². The Morgan fingerprint density at radius 2 is 2.06 bits per heavy atom. The Labute approximate surface area is 112 Å². The second-order valence-electron chi connectivity index (χ2n) is 5.84. The molecule has 0 unspecified atom stereocenters. The lowest BCUT2D eigenvalue weighted by molar-refractivity contribution is 0.637. The van der Waals surface area contributed by atoms with Crippen molar-refractivity contribution in [2.45, 2.75) is 58.8 Å². The molecule has 0 radical (unpaired) electrons. The van der Waals surface area contributed by atoms with Crippen LogP contribution in [0.25, 0.3) is 0 Å². The molecule has 100 valence electrons. The second-order valence-corrected chi connectivity index (χ2v) is 5.84. The first-order chi connectivity index (χ1) is 8.72. The quantitative estimate of drug-likeness (QED) is 0.676. The molecule has 0 saturated heterocycles. The Morgan fingerprint density at radius 1 is 1.22 bits per heavy atom. The largest absolute Gasteiger partial charge is 0.371 e. The fourth-order valence-electron chi connectivity index (χ4n) is 2.84. The summed E-state index contributed by atoms with van der Waals surface area (Å²) in [6, 6.07) is 7.11. The summed E-state index contributed by atoms with van der Waals surface area (Å²) in [5.74, 6) is 0.644. The molecule has 1 aliphatic rings. The summed E-state index contributed by atoms with van der Waals surface area (Å²) in [6.07, 6.45) is 6.59. The minimum Gasteiger partial charge on any atom is -0.371 e. The Kier molecular flexibility index (Phi) is 4.68. The maximum atomic E-state index is 2.60. The van der Waals surface area contributed by atoms with Crippen molar-refractivity contribution in [3.8, 4) is 0 Å². The number of anilines is 1. The Bertz CT molecular complexity index is 381. The van der Waals surface area contributed by atoms with Crippen molar-refractivity contribution in [2.75, 3.05) is 18.0 Å². The van der Waals surface area contributed by atoms with Gasteiger partial charge in [0, 0.05) is 18.8 Å². The first kappa shape index (κ1) is 13.5. The van der Waals surface area contributed by atoms with Gasteiger partial charge in [-0.15, -0.1) is 0 Å². The summed E-state index contributed by atoms with van der Waals surface area (Å²) in [7, 11) is 0. The zero-order valence-corrected chi connectivity index (χ0v) is 12.2. The lowest BCUT2D eigenvalue weighted by Gasteiger charge is -2.32. The lowest BCUT2D eigenvalue weighted by Crippen LogP contribution is -2.30. The van der Waals surface area contributed by atoms with Gasteiger partial charge in [-0.1, -0.05) is 45.7 Å². The van der Waals surface area contributed by atoms with E-state index in [0.29, 0.717) is 5.92 Å². The van der Waals surface area contributed by atoms with E-state index in [-0.39, 0.29) is 0 Å². The summed E-state index contributed by atoms with van der Waals surface area (Å²) < 4.78 is 0. The van der Waals surface area contributed by atoms with Crippen LogP contribution in [0.2, 0.25) is 0 Å². The predicted octanol–water partition coefficient (Wildman–Crippen LogP) is 4.75. The molecular weight excluding hydrogens is 218 g/mol.